The van der Waals surface area contributed by atoms with E-state index in [1.807, 2.05) is 0 Å². The van der Waals surface area contributed by atoms with Crippen LogP contribution in [0.15, 0.2) is 0 Å². The maximum atomic E-state index is 6.12. The highest BCUT2D eigenvalue weighted by Gasteiger charge is 2.49. The van der Waals surface area contributed by atoms with Crippen LogP contribution in [0.3, 0.4) is 0 Å². The molecule has 3 fully saturated rings. The van der Waals surface area contributed by atoms with Crippen molar-refractivity contribution in [3.63, 3.8) is 0 Å². The minimum atomic E-state index is 0.176. The maximum Gasteiger partial charge on any atom is 0.0937 e. The van der Waals surface area contributed by atoms with Crippen LogP contribution in [0.4, 0.5) is 0 Å². The molecule has 0 aromatic carbocycles. The molecule has 0 bridgehead atoms. The van der Waals surface area contributed by atoms with Gasteiger partial charge in [-0.1, -0.05) is 0 Å². The summed E-state index contributed by atoms with van der Waals surface area (Å²) in [5, 5.41) is 0. The van der Waals surface area contributed by atoms with E-state index in [1.165, 1.54) is 32.1 Å². The number of ether oxygens (including phenoxy) is 3. The standard InChI is InChI=1S/C15H27NO3/c1-17-6-2-13-3-9-19-15(10-13)11-16(12-15)14-4-7-18-8-5-14/h13-14H,2-12H2,1H3. The fourth-order valence-corrected chi connectivity index (χ4v) is 3.88. The Labute approximate surface area is 116 Å². The van der Waals surface area contributed by atoms with Gasteiger partial charge in [0.15, 0.2) is 0 Å². The molecule has 0 aromatic heterocycles. The number of likely N-dealkylation sites (tertiary alicyclic amines) is 1. The molecule has 19 heavy (non-hydrogen) atoms. The Kier molecular flexibility index (Phi) is 4.42. The number of nitrogens with zero attached hydrogens (tertiary/aromatic N) is 1. The molecular weight excluding hydrogens is 242 g/mol. The van der Waals surface area contributed by atoms with Crippen molar-refractivity contribution in [1.82, 2.24) is 4.90 Å². The Morgan fingerprint density at radius 3 is 2.68 bits per heavy atom. The molecule has 3 saturated heterocycles. The molecular formula is C15H27NO3. The first-order valence-electron chi connectivity index (χ1n) is 7.76. The molecule has 0 N–H and O–H groups in total. The van der Waals surface area contributed by atoms with Gasteiger partial charge in [-0.25, -0.2) is 0 Å². The topological polar surface area (TPSA) is 30.9 Å². The lowest BCUT2D eigenvalue weighted by atomic mass is 9.78. The SMILES string of the molecule is COCCC1CCOC2(C1)CN(C1CCOCC1)C2. The molecule has 0 radical (unpaired) electrons. The summed E-state index contributed by atoms with van der Waals surface area (Å²) in [6.45, 7) is 5.99. The summed E-state index contributed by atoms with van der Waals surface area (Å²) in [6.07, 6.45) is 6.03. The molecule has 3 aliphatic heterocycles. The molecule has 4 nitrogen and oxygen atoms in total. The predicted molar refractivity (Wildman–Crippen MR) is 73.3 cm³/mol. The second-order valence-electron chi connectivity index (χ2n) is 6.42. The van der Waals surface area contributed by atoms with Crippen LogP contribution >= 0.6 is 0 Å². The van der Waals surface area contributed by atoms with E-state index in [4.69, 9.17) is 14.2 Å². The molecule has 1 unspecified atom stereocenters. The van der Waals surface area contributed by atoms with Crippen molar-refractivity contribution in [1.29, 1.82) is 0 Å². The van der Waals surface area contributed by atoms with Crippen molar-refractivity contribution < 1.29 is 14.2 Å². The zero-order chi connectivity index (χ0) is 13.1. The predicted octanol–water partition coefficient (Wildman–Crippen LogP) is 1.68. The van der Waals surface area contributed by atoms with Crippen LogP contribution < -0.4 is 0 Å². The van der Waals surface area contributed by atoms with Crippen molar-refractivity contribution in [3.8, 4) is 0 Å². The molecule has 3 heterocycles. The van der Waals surface area contributed by atoms with Gasteiger partial charge in [0.25, 0.3) is 0 Å². The lowest BCUT2D eigenvalue weighted by molar-refractivity contribution is -0.195. The third-order valence-electron chi connectivity index (χ3n) is 5.01. The fraction of sp³-hybridized carbons (Fsp3) is 1.00. The van der Waals surface area contributed by atoms with Crippen molar-refractivity contribution in [3.05, 3.63) is 0 Å². The minimum absolute atomic E-state index is 0.176. The maximum absolute atomic E-state index is 6.12. The molecule has 0 saturated carbocycles. The van der Waals surface area contributed by atoms with Gasteiger partial charge in [0.1, 0.15) is 0 Å². The van der Waals surface area contributed by atoms with E-state index in [9.17, 15) is 0 Å². The van der Waals surface area contributed by atoms with Crippen LogP contribution in [0.2, 0.25) is 0 Å². The van der Waals surface area contributed by atoms with Gasteiger partial charge < -0.3 is 14.2 Å². The summed E-state index contributed by atoms with van der Waals surface area (Å²) in [7, 11) is 1.80. The molecule has 1 atom stereocenters. The quantitative estimate of drug-likeness (QED) is 0.777. The average molecular weight is 269 g/mol. The van der Waals surface area contributed by atoms with Gasteiger partial charge in [-0.3, -0.25) is 4.90 Å². The zero-order valence-corrected chi connectivity index (χ0v) is 12.1. The Bertz CT molecular complexity index is 285. The van der Waals surface area contributed by atoms with Gasteiger partial charge in [0.2, 0.25) is 0 Å². The smallest absolute Gasteiger partial charge is 0.0937 e. The first-order valence-corrected chi connectivity index (χ1v) is 7.76. The molecule has 1 spiro atoms. The van der Waals surface area contributed by atoms with Crippen molar-refractivity contribution in [2.45, 2.75) is 43.7 Å². The summed E-state index contributed by atoms with van der Waals surface area (Å²) in [5.74, 6) is 0.797. The van der Waals surface area contributed by atoms with E-state index >= 15 is 0 Å². The van der Waals surface area contributed by atoms with Crippen LogP contribution in [0.5, 0.6) is 0 Å². The molecule has 0 amide bonds. The summed E-state index contributed by atoms with van der Waals surface area (Å²) < 4.78 is 16.8. The third-order valence-corrected chi connectivity index (χ3v) is 5.01. The highest BCUT2D eigenvalue weighted by Crippen LogP contribution is 2.39. The van der Waals surface area contributed by atoms with Crippen molar-refractivity contribution in [2.75, 3.05) is 46.6 Å². The van der Waals surface area contributed by atoms with Crippen LogP contribution in [-0.2, 0) is 14.2 Å². The lowest BCUT2D eigenvalue weighted by Gasteiger charge is -2.56. The van der Waals surface area contributed by atoms with Crippen molar-refractivity contribution >= 4 is 0 Å². The van der Waals surface area contributed by atoms with E-state index in [2.05, 4.69) is 4.90 Å². The highest BCUT2D eigenvalue weighted by atomic mass is 16.5. The van der Waals surface area contributed by atoms with Crippen LogP contribution in [-0.4, -0.2) is 63.2 Å². The van der Waals surface area contributed by atoms with E-state index in [1.54, 1.807) is 7.11 Å². The summed E-state index contributed by atoms with van der Waals surface area (Å²) in [5.41, 5.74) is 0.176. The third kappa shape index (κ3) is 3.13. The van der Waals surface area contributed by atoms with Gasteiger partial charge in [0.05, 0.1) is 5.60 Å². The zero-order valence-electron chi connectivity index (χ0n) is 12.1. The first kappa shape index (κ1) is 13.8. The average Bonchev–Trinajstić information content (AvgIpc) is 2.44. The fourth-order valence-electron chi connectivity index (χ4n) is 3.88. The highest BCUT2D eigenvalue weighted by molar-refractivity contribution is 5.02. The van der Waals surface area contributed by atoms with E-state index in [0.717, 1.165) is 51.5 Å². The number of hydrogen-bond donors (Lipinski definition) is 0. The summed E-state index contributed by atoms with van der Waals surface area (Å²) in [6, 6.07) is 0.738. The van der Waals surface area contributed by atoms with E-state index in [0.29, 0.717) is 0 Å². The second-order valence-corrected chi connectivity index (χ2v) is 6.42. The van der Waals surface area contributed by atoms with Gasteiger partial charge in [-0.15, -0.1) is 0 Å². The van der Waals surface area contributed by atoms with Gasteiger partial charge in [0, 0.05) is 52.7 Å². The van der Waals surface area contributed by atoms with Gasteiger partial charge >= 0.3 is 0 Å². The number of hydrogen-bond acceptors (Lipinski definition) is 4. The van der Waals surface area contributed by atoms with E-state index < -0.39 is 0 Å². The molecule has 3 rings (SSSR count). The minimum Gasteiger partial charge on any atom is -0.385 e. The molecule has 0 aliphatic carbocycles. The monoisotopic (exact) mass is 269 g/mol. The van der Waals surface area contributed by atoms with Crippen LogP contribution in [0.25, 0.3) is 0 Å². The molecule has 3 aliphatic rings. The van der Waals surface area contributed by atoms with Gasteiger partial charge in [-0.2, -0.15) is 0 Å². The normalized spacial score (nSPS) is 32.4. The Hall–Kier alpha value is -0.160. The van der Waals surface area contributed by atoms with Gasteiger partial charge in [-0.05, 0) is 38.0 Å². The second kappa shape index (κ2) is 6.08. The largest absolute Gasteiger partial charge is 0.385 e. The lowest BCUT2D eigenvalue weighted by Crippen LogP contribution is -2.68. The molecule has 110 valence electrons. The van der Waals surface area contributed by atoms with Crippen LogP contribution in [0, 0.1) is 5.92 Å². The number of methoxy groups -OCH3 is 1. The van der Waals surface area contributed by atoms with Crippen molar-refractivity contribution in [2.24, 2.45) is 5.92 Å². The van der Waals surface area contributed by atoms with E-state index in [-0.39, 0.29) is 5.60 Å². The Morgan fingerprint density at radius 2 is 1.95 bits per heavy atom. The summed E-state index contributed by atoms with van der Waals surface area (Å²) >= 11 is 0. The Morgan fingerprint density at radius 1 is 1.16 bits per heavy atom. The Balaban J connectivity index is 1.47. The first-order chi connectivity index (χ1) is 9.31. The number of rotatable bonds is 4. The van der Waals surface area contributed by atoms with Crippen LogP contribution in [0.1, 0.15) is 32.1 Å². The summed E-state index contributed by atoms with van der Waals surface area (Å²) in [4.78, 5) is 2.61. The molecule has 0 aromatic rings. The molecule has 4 heteroatoms.